The van der Waals surface area contributed by atoms with Crippen LogP contribution in [-0.4, -0.2) is 56.6 Å². The molecule has 0 atom stereocenters. The van der Waals surface area contributed by atoms with Crippen LogP contribution in [0.25, 0.3) is 0 Å². The molecule has 1 N–H and O–H groups in total. The third kappa shape index (κ3) is 10.1. The minimum atomic E-state index is -1.34. The summed E-state index contributed by atoms with van der Waals surface area (Å²) in [7, 11) is 0. The van der Waals surface area contributed by atoms with Gasteiger partial charge in [0.1, 0.15) is 16.8 Å². The summed E-state index contributed by atoms with van der Waals surface area (Å²) in [6.07, 6.45) is -3.47. The van der Waals surface area contributed by atoms with Gasteiger partial charge in [-0.1, -0.05) is 0 Å². The normalized spacial score (nSPS) is 12.0. The molecule has 2 heterocycles. The predicted octanol–water partition coefficient (Wildman–Crippen LogP) is 6.81. The molecule has 0 bridgehead atoms. The number of anilines is 2. The van der Waals surface area contributed by atoms with Crippen molar-refractivity contribution in [1.29, 1.82) is 0 Å². The van der Waals surface area contributed by atoms with Gasteiger partial charge in [0.15, 0.2) is 5.82 Å². The van der Waals surface area contributed by atoms with E-state index in [1.807, 2.05) is 16.8 Å². The highest BCUT2D eigenvalue weighted by molar-refractivity contribution is 7.07. The van der Waals surface area contributed by atoms with E-state index in [9.17, 15) is 14.4 Å². The Morgan fingerprint density at radius 3 is 1.90 bits per heavy atom. The van der Waals surface area contributed by atoms with Gasteiger partial charge in [0.05, 0.1) is 0 Å². The summed E-state index contributed by atoms with van der Waals surface area (Å²) in [4.78, 5) is 47.7. The largest absolute Gasteiger partial charge is 0.442 e. The van der Waals surface area contributed by atoms with Crippen molar-refractivity contribution in [1.82, 2.24) is 15.0 Å². The second-order valence-corrected chi connectivity index (χ2v) is 12.5. The maximum atomic E-state index is 15.9. The Morgan fingerprint density at radius 1 is 0.923 bits per heavy atom. The molecule has 0 aliphatic carbocycles. The number of rotatable bonds is 5. The van der Waals surface area contributed by atoms with Crippen LogP contribution in [0, 0.1) is 5.82 Å². The van der Waals surface area contributed by atoms with Crippen LogP contribution in [0.2, 0.25) is 5.28 Å². The van der Waals surface area contributed by atoms with E-state index >= 15 is 4.39 Å². The summed E-state index contributed by atoms with van der Waals surface area (Å²) < 4.78 is 32.0. The number of ether oxygens (including phenoxy) is 3. The van der Waals surface area contributed by atoms with Crippen molar-refractivity contribution in [3.05, 3.63) is 33.5 Å². The maximum Gasteiger partial charge on any atom is 0.440 e. The SMILES string of the molecule is CC(C)(C)OC(=O)N(C(=O)OC(C)(C)C)N(C(=O)OC(C)(C)C)c1nc(Cl)nc(NCCc2ccsc2)c1F. The Kier molecular flexibility index (Phi) is 10.1. The number of nitrogens with one attached hydrogen (secondary N) is 1. The lowest BCUT2D eigenvalue weighted by Crippen LogP contribution is -2.57. The van der Waals surface area contributed by atoms with Crippen LogP contribution in [-0.2, 0) is 20.6 Å². The number of thiophene rings is 1. The standard InChI is InChI=1S/C25H35ClFN5O6S/c1-23(2,3)36-20(33)31(32(21(34)37-24(4,5)6)22(35)38-25(7,8)9)18-16(27)17(29-19(26)30-18)28-12-10-15-11-13-39-14-15/h11,13-14H,10,12H2,1-9H3,(H,28,29,30). The number of carbonyl (C=O) groups excluding carboxylic acids is 3. The molecule has 0 fully saturated rings. The van der Waals surface area contributed by atoms with Gasteiger partial charge in [0.25, 0.3) is 0 Å². The van der Waals surface area contributed by atoms with Crippen molar-refractivity contribution in [2.75, 3.05) is 16.9 Å². The van der Waals surface area contributed by atoms with Gasteiger partial charge in [-0.25, -0.2) is 14.4 Å². The van der Waals surface area contributed by atoms with E-state index < -0.39 is 52.0 Å². The molecule has 2 rings (SSSR count). The second-order valence-electron chi connectivity index (χ2n) is 11.4. The van der Waals surface area contributed by atoms with Crippen molar-refractivity contribution in [2.24, 2.45) is 0 Å². The summed E-state index contributed by atoms with van der Waals surface area (Å²) in [5.41, 5.74) is -2.30. The van der Waals surface area contributed by atoms with E-state index in [1.54, 1.807) is 62.3 Å². The fraction of sp³-hybridized carbons (Fsp3) is 0.560. The van der Waals surface area contributed by atoms with Gasteiger partial charge >= 0.3 is 18.3 Å². The number of halogens is 2. The summed E-state index contributed by atoms with van der Waals surface area (Å²) in [6, 6.07) is 1.92. The Hall–Kier alpha value is -3.19. The van der Waals surface area contributed by atoms with Crippen molar-refractivity contribution >= 4 is 52.9 Å². The number of nitrogens with zero attached hydrogens (tertiary/aromatic N) is 4. The van der Waals surface area contributed by atoms with E-state index in [4.69, 9.17) is 25.8 Å². The Labute approximate surface area is 236 Å². The number of hydrogen-bond donors (Lipinski definition) is 1. The smallest absolute Gasteiger partial charge is 0.440 e. The fourth-order valence-electron chi connectivity index (χ4n) is 2.84. The van der Waals surface area contributed by atoms with E-state index in [0.717, 1.165) is 5.56 Å². The van der Waals surface area contributed by atoms with Gasteiger partial charge in [-0.05, 0) is 103 Å². The molecule has 0 spiro atoms. The second kappa shape index (κ2) is 12.3. The molecule has 0 radical (unpaired) electrons. The maximum absolute atomic E-state index is 15.9. The zero-order valence-corrected chi connectivity index (χ0v) is 25.1. The number of hydrazine groups is 1. The summed E-state index contributed by atoms with van der Waals surface area (Å²) in [5.74, 6) is -2.37. The molecule has 3 amide bonds. The molecule has 0 aliphatic rings. The fourth-order valence-corrected chi connectivity index (χ4v) is 3.71. The molecule has 39 heavy (non-hydrogen) atoms. The van der Waals surface area contributed by atoms with Crippen LogP contribution in [0.4, 0.5) is 30.4 Å². The first-order valence-electron chi connectivity index (χ1n) is 12.0. The number of hydrogen-bond acceptors (Lipinski definition) is 10. The molecule has 11 nitrogen and oxygen atoms in total. The first-order valence-corrected chi connectivity index (χ1v) is 13.4. The van der Waals surface area contributed by atoms with Crippen molar-refractivity contribution in [2.45, 2.75) is 85.5 Å². The summed E-state index contributed by atoms with van der Waals surface area (Å²) in [5, 5.41) is 6.68. The Bertz CT molecular complexity index is 1150. The molecule has 2 aromatic rings. The van der Waals surface area contributed by atoms with Gasteiger partial charge in [-0.2, -0.15) is 25.7 Å². The number of amides is 3. The van der Waals surface area contributed by atoms with Crippen LogP contribution in [0.15, 0.2) is 16.8 Å². The molecular formula is C25H35ClFN5O6S. The molecule has 0 aliphatic heterocycles. The Balaban J connectivity index is 2.64. The van der Waals surface area contributed by atoms with E-state index in [2.05, 4.69) is 15.3 Å². The minimum absolute atomic E-state index is 0.182. The topological polar surface area (TPSA) is 123 Å². The molecule has 0 saturated carbocycles. The molecular weight excluding hydrogens is 553 g/mol. The van der Waals surface area contributed by atoms with E-state index in [-0.39, 0.29) is 17.4 Å². The average molecular weight is 588 g/mol. The van der Waals surface area contributed by atoms with Crippen LogP contribution < -0.4 is 10.3 Å². The third-order valence-corrected chi connectivity index (χ3v) is 5.09. The molecule has 14 heteroatoms. The van der Waals surface area contributed by atoms with Crippen LogP contribution >= 0.6 is 22.9 Å². The number of imide groups is 1. The van der Waals surface area contributed by atoms with Gasteiger partial charge in [-0.15, -0.1) is 10.0 Å². The first kappa shape index (κ1) is 32.0. The molecule has 0 aromatic carbocycles. The molecule has 0 unspecified atom stereocenters. The van der Waals surface area contributed by atoms with Crippen LogP contribution in [0.1, 0.15) is 67.9 Å². The van der Waals surface area contributed by atoms with Crippen LogP contribution in [0.5, 0.6) is 0 Å². The highest BCUT2D eigenvalue weighted by Gasteiger charge is 2.43. The predicted molar refractivity (Wildman–Crippen MR) is 147 cm³/mol. The lowest BCUT2D eigenvalue weighted by Gasteiger charge is -2.35. The zero-order chi connectivity index (χ0) is 29.8. The molecule has 2 aromatic heterocycles. The van der Waals surface area contributed by atoms with Gasteiger partial charge in [0, 0.05) is 6.54 Å². The number of carbonyl (C=O) groups is 3. The van der Waals surface area contributed by atoms with Gasteiger partial charge in [0.2, 0.25) is 16.9 Å². The van der Waals surface area contributed by atoms with Crippen LogP contribution in [0.3, 0.4) is 0 Å². The Morgan fingerprint density at radius 2 is 1.44 bits per heavy atom. The minimum Gasteiger partial charge on any atom is -0.442 e. The third-order valence-electron chi connectivity index (χ3n) is 4.19. The highest BCUT2D eigenvalue weighted by Crippen LogP contribution is 2.29. The van der Waals surface area contributed by atoms with Crippen molar-refractivity contribution < 1.29 is 33.0 Å². The first-order chi connectivity index (χ1) is 17.8. The lowest BCUT2D eigenvalue weighted by molar-refractivity contribution is -0.00704. The quantitative estimate of drug-likeness (QED) is 0.228. The van der Waals surface area contributed by atoms with Crippen molar-refractivity contribution in [3.63, 3.8) is 0 Å². The van der Waals surface area contributed by atoms with Gasteiger partial charge in [-0.3, -0.25) is 0 Å². The summed E-state index contributed by atoms with van der Waals surface area (Å²) in [6.45, 7) is 14.2. The van der Waals surface area contributed by atoms with Gasteiger partial charge < -0.3 is 19.5 Å². The number of aromatic nitrogens is 2. The zero-order valence-electron chi connectivity index (χ0n) is 23.5. The highest BCUT2D eigenvalue weighted by atomic mass is 35.5. The average Bonchev–Trinajstić information content (AvgIpc) is 3.23. The van der Waals surface area contributed by atoms with E-state index in [1.165, 1.54) is 11.3 Å². The molecule has 0 saturated heterocycles. The van der Waals surface area contributed by atoms with E-state index in [0.29, 0.717) is 11.4 Å². The lowest BCUT2D eigenvalue weighted by atomic mass is 10.2. The van der Waals surface area contributed by atoms with Crippen molar-refractivity contribution in [3.8, 4) is 0 Å². The summed E-state index contributed by atoms with van der Waals surface area (Å²) >= 11 is 7.62. The molecule has 216 valence electrons. The monoisotopic (exact) mass is 587 g/mol.